The Hall–Kier alpha value is -2.36. The van der Waals surface area contributed by atoms with Crippen molar-refractivity contribution >= 4 is 11.6 Å². The first kappa shape index (κ1) is 14.1. The predicted octanol–water partition coefficient (Wildman–Crippen LogP) is 3.44. The van der Waals surface area contributed by atoms with Crippen LogP contribution in [0.15, 0.2) is 41.0 Å². The van der Waals surface area contributed by atoms with Gasteiger partial charge in [0.15, 0.2) is 11.6 Å². The first-order chi connectivity index (χ1) is 9.63. The molecule has 20 heavy (non-hydrogen) atoms. The predicted molar refractivity (Wildman–Crippen MR) is 74.3 cm³/mol. The second kappa shape index (κ2) is 6.19. The molecule has 0 spiro atoms. The van der Waals surface area contributed by atoms with Gasteiger partial charge in [-0.05, 0) is 32.0 Å². The van der Waals surface area contributed by atoms with Crippen LogP contribution in [0.3, 0.4) is 0 Å². The van der Waals surface area contributed by atoms with Crippen molar-refractivity contribution in [2.24, 2.45) is 0 Å². The van der Waals surface area contributed by atoms with Gasteiger partial charge in [0.1, 0.15) is 11.5 Å². The van der Waals surface area contributed by atoms with Crippen molar-refractivity contribution in [2.75, 3.05) is 6.61 Å². The minimum atomic E-state index is -0.250. The van der Waals surface area contributed by atoms with Crippen LogP contribution >= 0.6 is 0 Å². The highest BCUT2D eigenvalue weighted by Gasteiger charge is 2.19. The average Bonchev–Trinajstić information content (AvgIpc) is 2.86. The minimum absolute atomic E-state index is 0.190. The van der Waals surface area contributed by atoms with Crippen LogP contribution in [0.5, 0.6) is 5.75 Å². The van der Waals surface area contributed by atoms with Crippen molar-refractivity contribution in [1.29, 1.82) is 0 Å². The molecule has 0 fully saturated rings. The van der Waals surface area contributed by atoms with Crippen LogP contribution in [0.4, 0.5) is 0 Å². The lowest BCUT2D eigenvalue weighted by molar-refractivity contribution is 0.0892. The van der Waals surface area contributed by atoms with Crippen LogP contribution in [0.1, 0.15) is 39.8 Å². The molecule has 1 aromatic carbocycles. The van der Waals surface area contributed by atoms with Crippen molar-refractivity contribution in [1.82, 2.24) is 0 Å². The monoisotopic (exact) mass is 272 g/mol. The number of hydrogen-bond acceptors (Lipinski definition) is 4. The van der Waals surface area contributed by atoms with Gasteiger partial charge in [-0.3, -0.25) is 9.59 Å². The van der Waals surface area contributed by atoms with Crippen LogP contribution in [0.2, 0.25) is 0 Å². The molecule has 0 amide bonds. The second-order valence-corrected chi connectivity index (χ2v) is 4.34. The average molecular weight is 272 g/mol. The zero-order valence-corrected chi connectivity index (χ0v) is 11.5. The number of aryl methyl sites for hydroxylation is 1. The molecular weight excluding hydrogens is 256 g/mol. The summed E-state index contributed by atoms with van der Waals surface area (Å²) < 4.78 is 10.5. The normalized spacial score (nSPS) is 10.3. The number of furan rings is 1. The largest absolute Gasteiger partial charge is 0.493 e. The van der Waals surface area contributed by atoms with Gasteiger partial charge >= 0.3 is 0 Å². The van der Waals surface area contributed by atoms with E-state index in [1.165, 1.54) is 6.26 Å². The number of rotatable bonds is 6. The molecule has 0 N–H and O–H groups in total. The van der Waals surface area contributed by atoms with Crippen LogP contribution in [0, 0.1) is 6.92 Å². The van der Waals surface area contributed by atoms with E-state index < -0.39 is 0 Å². The summed E-state index contributed by atoms with van der Waals surface area (Å²) in [5.41, 5.74) is 0.885. The number of carbonyl (C=O) groups excluding carboxylic acids is 2. The van der Waals surface area contributed by atoms with Gasteiger partial charge in [-0.15, -0.1) is 0 Å². The Morgan fingerprint density at radius 3 is 2.45 bits per heavy atom. The molecule has 0 aliphatic heterocycles. The number of para-hydroxylation sites is 1. The third kappa shape index (κ3) is 2.96. The Morgan fingerprint density at radius 1 is 1.10 bits per heavy atom. The van der Waals surface area contributed by atoms with Crippen LogP contribution in [-0.2, 0) is 0 Å². The molecular formula is C16H16O4. The summed E-state index contributed by atoms with van der Waals surface area (Å²) >= 11 is 0. The molecule has 0 atom stereocenters. The summed E-state index contributed by atoms with van der Waals surface area (Å²) in [7, 11) is 0. The Kier molecular flexibility index (Phi) is 4.35. The fourth-order valence-corrected chi connectivity index (χ4v) is 1.99. The summed E-state index contributed by atoms with van der Waals surface area (Å²) in [6, 6.07) is 8.53. The lowest BCUT2D eigenvalue weighted by Crippen LogP contribution is -2.10. The molecule has 0 bridgehead atoms. The number of Topliss-reactive ketones (excluding diaryl/α,β-unsaturated/α-hetero) is 2. The molecule has 0 radical (unpaired) electrons. The number of ketones is 2. The Bertz CT molecular complexity index is 625. The topological polar surface area (TPSA) is 56.5 Å². The maximum Gasteiger partial charge on any atom is 0.174 e. The van der Waals surface area contributed by atoms with E-state index >= 15 is 0 Å². The summed E-state index contributed by atoms with van der Waals surface area (Å²) in [4.78, 5) is 24.3. The molecule has 4 nitrogen and oxygen atoms in total. The molecule has 1 aromatic heterocycles. The standard InChI is InChI=1S/C16H16O4/c1-3-19-16-7-5-4-6-13(16)15(18)10-14(17)12-8-9-20-11(12)2/h4-9H,3,10H2,1-2H3. The number of hydrogen-bond donors (Lipinski definition) is 0. The lowest BCUT2D eigenvalue weighted by Gasteiger charge is -2.08. The zero-order chi connectivity index (χ0) is 14.5. The fraction of sp³-hybridized carbons (Fsp3) is 0.250. The van der Waals surface area contributed by atoms with Gasteiger partial charge in [0.2, 0.25) is 0 Å². The second-order valence-electron chi connectivity index (χ2n) is 4.34. The highest BCUT2D eigenvalue weighted by molar-refractivity contribution is 6.14. The summed E-state index contributed by atoms with van der Waals surface area (Å²) in [5, 5.41) is 0. The molecule has 1 heterocycles. The van der Waals surface area contributed by atoms with E-state index in [0.29, 0.717) is 29.2 Å². The quantitative estimate of drug-likeness (QED) is 0.597. The minimum Gasteiger partial charge on any atom is -0.493 e. The summed E-state index contributed by atoms with van der Waals surface area (Å²) in [6.45, 7) is 4.02. The van der Waals surface area contributed by atoms with Crippen molar-refractivity contribution in [3.63, 3.8) is 0 Å². The number of carbonyl (C=O) groups is 2. The van der Waals surface area contributed by atoms with Crippen LogP contribution in [-0.4, -0.2) is 18.2 Å². The molecule has 0 aliphatic carbocycles. The van der Waals surface area contributed by atoms with E-state index in [4.69, 9.17) is 9.15 Å². The Labute approximate surface area is 117 Å². The summed E-state index contributed by atoms with van der Waals surface area (Å²) in [5.74, 6) is 0.546. The third-order valence-electron chi connectivity index (χ3n) is 2.97. The Morgan fingerprint density at radius 2 is 1.80 bits per heavy atom. The first-order valence-electron chi connectivity index (χ1n) is 6.45. The van der Waals surface area contributed by atoms with Gasteiger partial charge in [-0.25, -0.2) is 0 Å². The van der Waals surface area contributed by atoms with Gasteiger partial charge in [0.05, 0.1) is 30.4 Å². The Balaban J connectivity index is 2.17. The first-order valence-corrected chi connectivity index (χ1v) is 6.45. The van der Waals surface area contributed by atoms with Crippen molar-refractivity contribution in [3.05, 3.63) is 53.5 Å². The summed E-state index contributed by atoms with van der Waals surface area (Å²) in [6.07, 6.45) is 1.26. The smallest absolute Gasteiger partial charge is 0.174 e. The van der Waals surface area contributed by atoms with Gasteiger partial charge in [0.25, 0.3) is 0 Å². The van der Waals surface area contributed by atoms with E-state index in [2.05, 4.69) is 0 Å². The maximum atomic E-state index is 12.2. The van der Waals surface area contributed by atoms with Gasteiger partial charge in [-0.1, -0.05) is 12.1 Å². The SMILES string of the molecule is CCOc1ccccc1C(=O)CC(=O)c1ccoc1C. The van der Waals surface area contributed by atoms with E-state index in [-0.39, 0.29) is 18.0 Å². The highest BCUT2D eigenvalue weighted by atomic mass is 16.5. The van der Waals surface area contributed by atoms with E-state index in [0.717, 1.165) is 0 Å². The van der Waals surface area contributed by atoms with Gasteiger partial charge < -0.3 is 9.15 Å². The molecule has 2 rings (SSSR count). The number of benzene rings is 1. The molecule has 0 aliphatic rings. The van der Waals surface area contributed by atoms with Gasteiger partial charge in [-0.2, -0.15) is 0 Å². The zero-order valence-electron chi connectivity index (χ0n) is 11.5. The van der Waals surface area contributed by atoms with E-state index in [1.54, 1.807) is 37.3 Å². The third-order valence-corrected chi connectivity index (χ3v) is 2.97. The van der Waals surface area contributed by atoms with Crippen LogP contribution < -0.4 is 4.74 Å². The van der Waals surface area contributed by atoms with Crippen molar-refractivity contribution in [3.8, 4) is 5.75 Å². The van der Waals surface area contributed by atoms with E-state index in [9.17, 15) is 9.59 Å². The molecule has 4 heteroatoms. The molecule has 0 saturated carbocycles. The lowest BCUT2D eigenvalue weighted by atomic mass is 10.0. The molecule has 0 unspecified atom stereocenters. The van der Waals surface area contributed by atoms with Crippen molar-refractivity contribution in [2.45, 2.75) is 20.3 Å². The highest BCUT2D eigenvalue weighted by Crippen LogP contribution is 2.21. The molecule has 0 saturated heterocycles. The molecule has 2 aromatic rings. The number of ether oxygens (including phenoxy) is 1. The maximum absolute atomic E-state index is 12.2. The fourth-order valence-electron chi connectivity index (χ4n) is 1.99. The van der Waals surface area contributed by atoms with Gasteiger partial charge in [0, 0.05) is 0 Å². The van der Waals surface area contributed by atoms with E-state index in [1.807, 2.05) is 6.92 Å². The molecule has 104 valence electrons. The van der Waals surface area contributed by atoms with Crippen molar-refractivity contribution < 1.29 is 18.7 Å². The van der Waals surface area contributed by atoms with Crippen LogP contribution in [0.25, 0.3) is 0 Å².